The molecule has 0 saturated carbocycles. The van der Waals surface area contributed by atoms with E-state index in [0.717, 1.165) is 31.3 Å². The molecule has 1 aliphatic rings. The Morgan fingerprint density at radius 3 is 3.20 bits per heavy atom. The zero-order valence-corrected chi connectivity index (χ0v) is 6.04. The Morgan fingerprint density at radius 2 is 2.40 bits per heavy atom. The van der Waals surface area contributed by atoms with E-state index in [-0.39, 0.29) is 0 Å². The average Bonchev–Trinajstić information content (AvgIpc) is 2.34. The minimum atomic E-state index is 0.987. The van der Waals surface area contributed by atoms with Gasteiger partial charge in [0.15, 0.2) is 5.82 Å². The summed E-state index contributed by atoms with van der Waals surface area (Å²) in [5, 5.41) is 10.3. The molecule has 0 aromatic carbocycles. The van der Waals surface area contributed by atoms with E-state index in [0.29, 0.717) is 0 Å². The monoisotopic (exact) mass is 139 g/mol. The Balaban J connectivity index is 2.45. The van der Waals surface area contributed by atoms with Crippen LogP contribution in [0.5, 0.6) is 0 Å². The molecule has 1 aromatic rings. The molecule has 4 heteroatoms. The Hall–Kier alpha value is -0.900. The standard InChI is InChI=1S/C6H10N4/c1-5-8-9-6-4-7-2-3-10(5)6/h7H,2-4H2,1H3/p+1. The van der Waals surface area contributed by atoms with Gasteiger partial charge in [0.2, 0.25) is 0 Å². The van der Waals surface area contributed by atoms with Gasteiger partial charge in [0.1, 0.15) is 12.4 Å². The summed E-state index contributed by atoms with van der Waals surface area (Å²) in [7, 11) is 0. The third kappa shape index (κ3) is 0.724. The van der Waals surface area contributed by atoms with Crippen LogP contribution >= 0.6 is 0 Å². The third-order valence-electron chi connectivity index (χ3n) is 1.90. The number of hydrogen-bond donors (Lipinski definition) is 1. The molecule has 2 N–H and O–H groups in total. The predicted molar refractivity (Wildman–Crippen MR) is 35.3 cm³/mol. The van der Waals surface area contributed by atoms with Crippen molar-refractivity contribution in [3.63, 3.8) is 0 Å². The molecule has 2 heterocycles. The van der Waals surface area contributed by atoms with E-state index in [1.807, 2.05) is 6.92 Å². The molecule has 0 fully saturated rings. The van der Waals surface area contributed by atoms with Crippen LogP contribution in [0.3, 0.4) is 0 Å². The van der Waals surface area contributed by atoms with E-state index < -0.39 is 0 Å². The van der Waals surface area contributed by atoms with E-state index in [1.165, 1.54) is 0 Å². The van der Waals surface area contributed by atoms with Crippen LogP contribution in [-0.2, 0) is 13.1 Å². The highest BCUT2D eigenvalue weighted by molar-refractivity contribution is 4.92. The number of aromatic nitrogens is 3. The molecule has 1 aromatic heterocycles. The molecule has 4 nitrogen and oxygen atoms in total. The molecule has 0 spiro atoms. The Kier molecular flexibility index (Phi) is 1.20. The lowest BCUT2D eigenvalue weighted by Crippen LogP contribution is -2.85. The molecule has 0 radical (unpaired) electrons. The lowest BCUT2D eigenvalue weighted by Gasteiger charge is -2.11. The summed E-state index contributed by atoms with van der Waals surface area (Å²) in [6.07, 6.45) is 0. The summed E-state index contributed by atoms with van der Waals surface area (Å²) in [6, 6.07) is 0. The second-order valence-corrected chi connectivity index (χ2v) is 2.60. The van der Waals surface area contributed by atoms with Crippen molar-refractivity contribution in [1.82, 2.24) is 14.8 Å². The van der Waals surface area contributed by atoms with Crippen molar-refractivity contribution in [3.05, 3.63) is 11.6 Å². The van der Waals surface area contributed by atoms with Gasteiger partial charge in [0.05, 0.1) is 13.1 Å². The molecule has 1 aliphatic heterocycles. The van der Waals surface area contributed by atoms with E-state index in [4.69, 9.17) is 0 Å². The van der Waals surface area contributed by atoms with Gasteiger partial charge in [-0.05, 0) is 6.92 Å². The largest absolute Gasteiger partial charge is 0.338 e. The number of hydrogen-bond acceptors (Lipinski definition) is 2. The minimum absolute atomic E-state index is 0.987. The molecule has 10 heavy (non-hydrogen) atoms. The van der Waals surface area contributed by atoms with Gasteiger partial charge < -0.3 is 9.88 Å². The molecule has 0 saturated heterocycles. The first-order valence-corrected chi connectivity index (χ1v) is 3.58. The van der Waals surface area contributed by atoms with Crippen molar-refractivity contribution >= 4 is 0 Å². The highest BCUT2D eigenvalue weighted by Gasteiger charge is 2.14. The van der Waals surface area contributed by atoms with Gasteiger partial charge in [-0.3, -0.25) is 0 Å². The second kappa shape index (κ2) is 2.05. The number of aryl methyl sites for hydroxylation is 1. The normalized spacial score (nSPS) is 16.9. The minimum Gasteiger partial charge on any atom is -0.338 e. The molecular formula is C6H11N4+. The summed E-state index contributed by atoms with van der Waals surface area (Å²) in [5.74, 6) is 2.16. The van der Waals surface area contributed by atoms with E-state index in [9.17, 15) is 0 Å². The van der Waals surface area contributed by atoms with Crippen LogP contribution in [0.2, 0.25) is 0 Å². The fourth-order valence-electron chi connectivity index (χ4n) is 1.32. The molecule has 0 atom stereocenters. The second-order valence-electron chi connectivity index (χ2n) is 2.60. The summed E-state index contributed by atoms with van der Waals surface area (Å²) >= 11 is 0. The zero-order chi connectivity index (χ0) is 6.97. The van der Waals surface area contributed by atoms with E-state index in [2.05, 4.69) is 20.1 Å². The van der Waals surface area contributed by atoms with E-state index >= 15 is 0 Å². The zero-order valence-electron chi connectivity index (χ0n) is 6.04. The van der Waals surface area contributed by atoms with E-state index in [1.54, 1.807) is 0 Å². The third-order valence-corrected chi connectivity index (χ3v) is 1.90. The van der Waals surface area contributed by atoms with Gasteiger partial charge in [0, 0.05) is 0 Å². The first kappa shape index (κ1) is 5.85. The van der Waals surface area contributed by atoms with Gasteiger partial charge in [-0.25, -0.2) is 0 Å². The van der Waals surface area contributed by atoms with Gasteiger partial charge in [-0.15, -0.1) is 10.2 Å². The number of fused-ring (bicyclic) bond motifs is 1. The fraction of sp³-hybridized carbons (Fsp3) is 0.667. The van der Waals surface area contributed by atoms with Crippen LogP contribution in [0.4, 0.5) is 0 Å². The predicted octanol–water partition coefficient (Wildman–Crippen LogP) is -1.34. The smallest absolute Gasteiger partial charge is 0.188 e. The van der Waals surface area contributed by atoms with Crippen molar-refractivity contribution in [3.8, 4) is 0 Å². The van der Waals surface area contributed by atoms with Crippen molar-refractivity contribution in [2.75, 3.05) is 6.54 Å². The molecular weight excluding hydrogens is 128 g/mol. The van der Waals surface area contributed by atoms with Crippen molar-refractivity contribution in [2.24, 2.45) is 0 Å². The maximum absolute atomic E-state index is 4.04. The topological polar surface area (TPSA) is 47.3 Å². The number of quaternary nitrogens is 1. The lowest BCUT2D eigenvalue weighted by molar-refractivity contribution is -0.678. The van der Waals surface area contributed by atoms with Crippen LogP contribution in [-0.4, -0.2) is 21.3 Å². The van der Waals surface area contributed by atoms with Gasteiger partial charge in [0.25, 0.3) is 0 Å². The quantitative estimate of drug-likeness (QED) is 0.484. The van der Waals surface area contributed by atoms with Gasteiger partial charge in [-0.2, -0.15) is 0 Å². The van der Waals surface area contributed by atoms with Crippen LogP contribution in [0.1, 0.15) is 11.6 Å². The maximum Gasteiger partial charge on any atom is 0.188 e. The molecule has 0 bridgehead atoms. The molecule has 54 valence electrons. The van der Waals surface area contributed by atoms with Crippen LogP contribution in [0.15, 0.2) is 0 Å². The summed E-state index contributed by atoms with van der Waals surface area (Å²) in [4.78, 5) is 0. The molecule has 0 aliphatic carbocycles. The molecule has 2 rings (SSSR count). The number of rotatable bonds is 0. The summed E-state index contributed by atoms with van der Waals surface area (Å²) in [6.45, 7) is 5.21. The Morgan fingerprint density at radius 1 is 1.50 bits per heavy atom. The van der Waals surface area contributed by atoms with Crippen molar-refractivity contribution in [2.45, 2.75) is 20.0 Å². The van der Waals surface area contributed by atoms with Crippen molar-refractivity contribution in [1.29, 1.82) is 0 Å². The molecule has 0 unspecified atom stereocenters. The van der Waals surface area contributed by atoms with Crippen LogP contribution < -0.4 is 5.32 Å². The van der Waals surface area contributed by atoms with Gasteiger partial charge in [-0.1, -0.05) is 0 Å². The summed E-state index contributed by atoms with van der Waals surface area (Å²) < 4.78 is 2.18. The van der Waals surface area contributed by atoms with Gasteiger partial charge >= 0.3 is 0 Å². The number of nitrogens with two attached hydrogens (primary N) is 1. The van der Waals surface area contributed by atoms with Crippen molar-refractivity contribution < 1.29 is 5.32 Å². The average molecular weight is 139 g/mol. The maximum atomic E-state index is 4.04. The SMILES string of the molecule is Cc1nnc2n1CC[NH2+]C2. The van der Waals surface area contributed by atoms with Crippen LogP contribution in [0.25, 0.3) is 0 Å². The highest BCUT2D eigenvalue weighted by Crippen LogP contribution is 1.99. The number of nitrogens with zero attached hydrogens (tertiary/aromatic N) is 3. The first-order chi connectivity index (χ1) is 4.88. The summed E-state index contributed by atoms with van der Waals surface area (Å²) in [5.41, 5.74) is 0. The highest BCUT2D eigenvalue weighted by atomic mass is 15.3. The van der Waals surface area contributed by atoms with Crippen LogP contribution in [0, 0.1) is 6.92 Å². The fourth-order valence-corrected chi connectivity index (χ4v) is 1.32. The first-order valence-electron chi connectivity index (χ1n) is 3.58. The Labute approximate surface area is 59.3 Å². The Bertz CT molecular complexity index is 240. The lowest BCUT2D eigenvalue weighted by atomic mass is 10.4. The molecule has 0 amide bonds.